The lowest BCUT2D eigenvalue weighted by atomic mass is 10.0. The van der Waals surface area contributed by atoms with Crippen LogP contribution < -0.4 is 14.4 Å². The number of carbonyl (C=O) groups is 2. The zero-order valence-corrected chi connectivity index (χ0v) is 20.4. The molecule has 4 rings (SSSR count). The Hall–Kier alpha value is -4.37. The Kier molecular flexibility index (Phi) is 8.37. The molecule has 1 atom stereocenters. The van der Waals surface area contributed by atoms with Crippen LogP contribution in [0.4, 0.5) is 5.69 Å². The molecular formula is C28H28N2O7. The molecule has 0 saturated carbocycles. The number of hydrogen-bond acceptors (Lipinski definition) is 7. The summed E-state index contributed by atoms with van der Waals surface area (Å²) in [4.78, 5) is 25.6. The summed E-state index contributed by atoms with van der Waals surface area (Å²) in [6, 6.07) is 21.7. The number of benzene rings is 3. The van der Waals surface area contributed by atoms with Crippen LogP contribution in [-0.4, -0.2) is 60.4 Å². The second kappa shape index (κ2) is 12.0. The first-order valence-electron chi connectivity index (χ1n) is 11.9. The normalized spacial score (nSPS) is 14.0. The second-order valence-corrected chi connectivity index (χ2v) is 8.31. The molecule has 0 aliphatic carbocycles. The van der Waals surface area contributed by atoms with E-state index in [1.165, 1.54) is 0 Å². The molecule has 0 saturated heterocycles. The van der Waals surface area contributed by atoms with Gasteiger partial charge in [-0.25, -0.2) is 4.79 Å². The van der Waals surface area contributed by atoms with Crippen LogP contribution in [0.15, 0.2) is 78.0 Å². The highest BCUT2D eigenvalue weighted by atomic mass is 16.5. The minimum absolute atomic E-state index is 0.0781. The molecule has 1 aliphatic rings. The maximum absolute atomic E-state index is 12.7. The number of anilines is 1. The van der Waals surface area contributed by atoms with Crippen molar-refractivity contribution in [3.8, 4) is 11.5 Å². The van der Waals surface area contributed by atoms with E-state index in [0.29, 0.717) is 35.1 Å². The lowest BCUT2D eigenvalue weighted by Gasteiger charge is -2.29. The maximum atomic E-state index is 12.7. The van der Waals surface area contributed by atoms with Gasteiger partial charge < -0.3 is 29.4 Å². The van der Waals surface area contributed by atoms with Gasteiger partial charge in [0.25, 0.3) is 5.91 Å². The largest absolute Gasteiger partial charge is 0.492 e. The molecule has 1 unspecified atom stereocenters. The highest BCUT2D eigenvalue weighted by Gasteiger charge is 2.26. The van der Waals surface area contributed by atoms with E-state index in [1.807, 2.05) is 30.3 Å². The summed E-state index contributed by atoms with van der Waals surface area (Å²) in [6.07, 6.45) is -0.639. The maximum Gasteiger partial charge on any atom is 0.333 e. The fraction of sp³-hybridized carbons (Fsp3) is 0.250. The van der Waals surface area contributed by atoms with Gasteiger partial charge in [-0.15, -0.1) is 0 Å². The van der Waals surface area contributed by atoms with Crippen LogP contribution in [-0.2, 0) is 20.7 Å². The molecule has 9 nitrogen and oxygen atoms in total. The van der Waals surface area contributed by atoms with Crippen molar-refractivity contribution in [2.75, 3.05) is 31.3 Å². The van der Waals surface area contributed by atoms with Crippen LogP contribution in [0.5, 0.6) is 11.5 Å². The molecule has 192 valence electrons. The summed E-state index contributed by atoms with van der Waals surface area (Å²) in [5.41, 5.74) is 3.15. The number of hydrogen-bond donors (Lipinski definition) is 2. The number of carboxylic acids is 1. The van der Waals surface area contributed by atoms with Crippen molar-refractivity contribution in [2.24, 2.45) is 5.16 Å². The molecule has 9 heteroatoms. The third kappa shape index (κ3) is 6.25. The number of carboxylic acid groups (broad SMARTS) is 1. The van der Waals surface area contributed by atoms with Crippen molar-refractivity contribution < 1.29 is 34.1 Å². The standard InChI is InChI=1S/C28H28N2O7/c1-2-35-25(28(32)33)16-19-8-11-22(12-9-19)36-15-14-30-23-17-21(10-13-24(23)37-18-26(30)31)27(29-34)20-6-4-3-5-7-20/h3-13,17,25,34H,2,14-16,18H2,1H3,(H,32,33)/b29-27+. The molecule has 2 N–H and O–H groups in total. The molecule has 0 spiro atoms. The monoisotopic (exact) mass is 504 g/mol. The fourth-order valence-corrected chi connectivity index (χ4v) is 4.08. The Morgan fingerprint density at radius 1 is 1.08 bits per heavy atom. The summed E-state index contributed by atoms with van der Waals surface area (Å²) in [5.74, 6) is -0.0517. The lowest BCUT2D eigenvalue weighted by Crippen LogP contribution is -2.41. The summed E-state index contributed by atoms with van der Waals surface area (Å²) < 4.78 is 16.7. The van der Waals surface area contributed by atoms with Crippen LogP contribution in [0, 0.1) is 0 Å². The van der Waals surface area contributed by atoms with E-state index in [2.05, 4.69) is 5.16 Å². The van der Waals surface area contributed by atoms with Crippen LogP contribution in [0.1, 0.15) is 23.6 Å². The van der Waals surface area contributed by atoms with Crippen LogP contribution >= 0.6 is 0 Å². The SMILES string of the molecule is CCOC(Cc1ccc(OCCN2C(=O)COc3ccc(/C(=N/O)c4ccccc4)cc32)cc1)C(=O)O. The molecule has 0 radical (unpaired) electrons. The average Bonchev–Trinajstić information content (AvgIpc) is 2.91. The molecule has 1 aliphatic heterocycles. The first-order chi connectivity index (χ1) is 18.0. The highest BCUT2D eigenvalue weighted by molar-refractivity contribution is 6.13. The molecule has 3 aromatic carbocycles. The Morgan fingerprint density at radius 2 is 1.84 bits per heavy atom. The smallest absolute Gasteiger partial charge is 0.333 e. The molecular weight excluding hydrogens is 476 g/mol. The quantitative estimate of drug-likeness (QED) is 0.232. The lowest BCUT2D eigenvalue weighted by molar-refractivity contribution is -0.149. The third-order valence-corrected chi connectivity index (χ3v) is 5.89. The summed E-state index contributed by atoms with van der Waals surface area (Å²) >= 11 is 0. The molecule has 1 amide bonds. The van der Waals surface area contributed by atoms with Gasteiger partial charge in [0, 0.05) is 24.2 Å². The number of fused-ring (bicyclic) bond motifs is 1. The van der Waals surface area contributed by atoms with Crippen LogP contribution in [0.2, 0.25) is 0 Å². The molecule has 0 bridgehead atoms. The minimum atomic E-state index is -0.998. The molecule has 37 heavy (non-hydrogen) atoms. The summed E-state index contributed by atoms with van der Waals surface area (Å²) in [7, 11) is 0. The number of rotatable bonds is 11. The number of aliphatic carboxylic acids is 1. The van der Waals surface area contributed by atoms with E-state index >= 15 is 0 Å². The van der Waals surface area contributed by atoms with Crippen LogP contribution in [0.3, 0.4) is 0 Å². The van der Waals surface area contributed by atoms with E-state index in [9.17, 15) is 19.9 Å². The molecule has 0 aromatic heterocycles. The Bertz CT molecular complexity index is 1260. The van der Waals surface area contributed by atoms with Crippen molar-refractivity contribution in [2.45, 2.75) is 19.4 Å². The molecule has 3 aromatic rings. The van der Waals surface area contributed by atoms with E-state index < -0.39 is 12.1 Å². The van der Waals surface area contributed by atoms with Crippen molar-refractivity contribution >= 4 is 23.3 Å². The average molecular weight is 505 g/mol. The van der Waals surface area contributed by atoms with Gasteiger partial charge in [0.1, 0.15) is 23.8 Å². The zero-order chi connectivity index (χ0) is 26.2. The Balaban J connectivity index is 1.43. The van der Waals surface area contributed by atoms with Gasteiger partial charge >= 0.3 is 5.97 Å². The third-order valence-electron chi connectivity index (χ3n) is 5.89. The van der Waals surface area contributed by atoms with Crippen molar-refractivity contribution in [3.63, 3.8) is 0 Å². The van der Waals surface area contributed by atoms with E-state index in [4.69, 9.17) is 14.2 Å². The fourth-order valence-electron chi connectivity index (χ4n) is 4.08. The summed E-state index contributed by atoms with van der Waals surface area (Å²) in [5, 5.41) is 22.4. The van der Waals surface area contributed by atoms with E-state index in [0.717, 1.165) is 11.1 Å². The predicted molar refractivity (Wildman–Crippen MR) is 137 cm³/mol. The number of ether oxygens (including phenoxy) is 3. The zero-order valence-electron chi connectivity index (χ0n) is 20.4. The summed E-state index contributed by atoms with van der Waals surface area (Å²) in [6.45, 7) is 2.51. The Labute approximate surface area is 214 Å². The molecule has 1 heterocycles. The van der Waals surface area contributed by atoms with Gasteiger partial charge in [-0.1, -0.05) is 47.6 Å². The van der Waals surface area contributed by atoms with E-state index in [1.54, 1.807) is 54.3 Å². The number of amides is 1. The van der Waals surface area contributed by atoms with Gasteiger partial charge in [-0.2, -0.15) is 0 Å². The minimum Gasteiger partial charge on any atom is -0.492 e. The van der Waals surface area contributed by atoms with Gasteiger partial charge in [-0.3, -0.25) is 4.79 Å². The van der Waals surface area contributed by atoms with Crippen molar-refractivity contribution in [3.05, 3.63) is 89.5 Å². The van der Waals surface area contributed by atoms with Crippen molar-refractivity contribution in [1.82, 2.24) is 0 Å². The molecule has 0 fully saturated rings. The van der Waals surface area contributed by atoms with Gasteiger partial charge in [-0.05, 0) is 42.8 Å². The van der Waals surface area contributed by atoms with Gasteiger partial charge in [0.15, 0.2) is 12.7 Å². The predicted octanol–water partition coefficient (Wildman–Crippen LogP) is 3.75. The van der Waals surface area contributed by atoms with Crippen LogP contribution in [0.25, 0.3) is 0 Å². The van der Waals surface area contributed by atoms with E-state index in [-0.39, 0.29) is 32.1 Å². The second-order valence-electron chi connectivity index (χ2n) is 8.31. The highest BCUT2D eigenvalue weighted by Crippen LogP contribution is 2.33. The van der Waals surface area contributed by atoms with Gasteiger partial charge in [0.2, 0.25) is 0 Å². The topological polar surface area (TPSA) is 118 Å². The Morgan fingerprint density at radius 3 is 2.51 bits per heavy atom. The first kappa shape index (κ1) is 25.7. The number of oxime groups is 1. The van der Waals surface area contributed by atoms with Crippen molar-refractivity contribution in [1.29, 1.82) is 0 Å². The first-order valence-corrected chi connectivity index (χ1v) is 11.9. The number of nitrogens with zero attached hydrogens (tertiary/aromatic N) is 2. The number of carbonyl (C=O) groups excluding carboxylic acids is 1. The van der Waals surface area contributed by atoms with Gasteiger partial charge in [0.05, 0.1) is 12.2 Å².